The van der Waals surface area contributed by atoms with Crippen molar-refractivity contribution in [2.24, 2.45) is 0 Å². The average molecular weight is 242 g/mol. The predicted molar refractivity (Wildman–Crippen MR) is 54.3 cm³/mol. The van der Waals surface area contributed by atoms with E-state index in [-0.39, 0.29) is 4.75 Å². The summed E-state index contributed by atoms with van der Waals surface area (Å²) in [6.07, 6.45) is 1.02. The fourth-order valence-corrected chi connectivity index (χ4v) is 1.49. The molecule has 0 bridgehead atoms. The second kappa shape index (κ2) is 5.41. The summed E-state index contributed by atoms with van der Waals surface area (Å²) in [5.74, 6) is 0. The van der Waals surface area contributed by atoms with E-state index < -0.39 is 11.4 Å². The van der Waals surface area contributed by atoms with Gasteiger partial charge in [0.05, 0.1) is 0 Å². The molecule has 1 atom stereocenters. The first-order chi connectivity index (χ1) is 4.98. The Balaban J connectivity index is 3.44. The van der Waals surface area contributed by atoms with Gasteiger partial charge in [0.1, 0.15) is 4.75 Å². The molecule has 0 saturated heterocycles. The Kier molecular flexibility index (Phi) is 5.77. The summed E-state index contributed by atoms with van der Waals surface area (Å²) in [6.45, 7) is 6.70. The third-order valence-electron chi connectivity index (χ3n) is 1.10. The molecule has 0 aromatic rings. The molecule has 0 aromatic carbocycles. The molecule has 1 unspecified atom stereocenters. The Labute approximate surface area is 80.6 Å². The minimum atomic E-state index is -0.910. The van der Waals surface area contributed by atoms with E-state index in [1.165, 1.54) is 0 Å². The first-order valence-electron chi connectivity index (χ1n) is 3.70. The van der Waals surface area contributed by atoms with E-state index in [9.17, 15) is 4.55 Å². The lowest BCUT2D eigenvalue weighted by Gasteiger charge is -2.23. The van der Waals surface area contributed by atoms with E-state index in [2.05, 4.69) is 20.7 Å². The number of hydrogen-bond donors (Lipinski definition) is 1. The molecule has 0 rings (SSSR count). The first kappa shape index (κ1) is 11.8. The fourth-order valence-electron chi connectivity index (χ4n) is 0.448. The summed E-state index contributed by atoms with van der Waals surface area (Å²) in [5.41, 5.74) is 0. The number of alkyl halides is 1. The van der Waals surface area contributed by atoms with Crippen molar-refractivity contribution in [1.82, 2.24) is 4.72 Å². The molecule has 0 aliphatic heterocycles. The van der Waals surface area contributed by atoms with Crippen LogP contribution in [0.2, 0.25) is 0 Å². The zero-order valence-electron chi connectivity index (χ0n) is 7.32. The molecule has 11 heavy (non-hydrogen) atoms. The van der Waals surface area contributed by atoms with Crippen molar-refractivity contribution in [2.45, 2.75) is 31.9 Å². The van der Waals surface area contributed by atoms with Crippen LogP contribution in [0.25, 0.3) is 0 Å². The molecule has 0 heterocycles. The molecule has 0 spiro atoms. The molecule has 4 heteroatoms. The second-order valence-corrected chi connectivity index (χ2v) is 6.16. The van der Waals surface area contributed by atoms with E-state index in [1.54, 1.807) is 0 Å². The summed E-state index contributed by atoms with van der Waals surface area (Å²) in [5, 5.41) is 0.960. The highest BCUT2D eigenvalue weighted by molar-refractivity contribution is 9.09. The fraction of sp³-hybridized carbons (Fsp3) is 1.00. The maximum atomic E-state index is 11.3. The average Bonchev–Trinajstić information content (AvgIpc) is 1.86. The zero-order chi connectivity index (χ0) is 8.91. The van der Waals surface area contributed by atoms with E-state index >= 15 is 0 Å². The zero-order valence-corrected chi connectivity index (χ0v) is 9.72. The maximum Gasteiger partial charge on any atom is 0.136 e. The highest BCUT2D eigenvalue weighted by atomic mass is 79.9. The summed E-state index contributed by atoms with van der Waals surface area (Å²) in [6, 6.07) is 0. The van der Waals surface area contributed by atoms with Crippen molar-refractivity contribution in [1.29, 1.82) is 0 Å². The maximum absolute atomic E-state index is 11.3. The van der Waals surface area contributed by atoms with Gasteiger partial charge in [-0.05, 0) is 27.2 Å². The van der Waals surface area contributed by atoms with Gasteiger partial charge in [-0.2, -0.15) is 0 Å². The summed E-state index contributed by atoms with van der Waals surface area (Å²) in [4.78, 5) is 0. The van der Waals surface area contributed by atoms with Crippen LogP contribution in [-0.4, -0.2) is 21.2 Å². The molecular weight excluding hydrogens is 226 g/mol. The third kappa shape index (κ3) is 5.96. The summed E-state index contributed by atoms with van der Waals surface area (Å²) < 4.78 is 14.1. The van der Waals surface area contributed by atoms with Crippen LogP contribution in [0.3, 0.4) is 0 Å². The predicted octanol–water partition coefficient (Wildman–Crippen LogP) is 1.82. The molecule has 68 valence electrons. The lowest BCUT2D eigenvalue weighted by atomic mass is 10.3. The Morgan fingerprint density at radius 2 is 2.00 bits per heavy atom. The number of nitrogens with one attached hydrogen (secondary N) is 1. The van der Waals surface area contributed by atoms with Gasteiger partial charge in [0.15, 0.2) is 0 Å². The van der Waals surface area contributed by atoms with Gasteiger partial charge in [-0.3, -0.25) is 0 Å². The topological polar surface area (TPSA) is 35.1 Å². The monoisotopic (exact) mass is 241 g/mol. The smallest absolute Gasteiger partial charge is 0.136 e. The van der Waals surface area contributed by atoms with E-state index in [0.29, 0.717) is 0 Å². The normalized spacial score (nSPS) is 15.0. The lowest BCUT2D eigenvalue weighted by Crippen LogP contribution is -2.39. The van der Waals surface area contributed by atoms with Gasteiger partial charge in [-0.15, -0.1) is 4.72 Å². The Morgan fingerprint density at radius 1 is 1.45 bits per heavy atom. The molecule has 0 saturated carbocycles. The minimum absolute atomic E-state index is 0.147. The van der Waals surface area contributed by atoms with Gasteiger partial charge in [0.25, 0.3) is 0 Å². The minimum Gasteiger partial charge on any atom is -0.598 e. The van der Waals surface area contributed by atoms with Crippen molar-refractivity contribution < 1.29 is 4.55 Å². The molecule has 0 aromatic heterocycles. The summed E-state index contributed by atoms with van der Waals surface area (Å²) in [7, 11) is 0. The standard InChI is InChI=1S/C7H16BrNOS/c1-7(2,3)11(10)9-6-4-5-8/h9H,4-6H2,1-3H3. The van der Waals surface area contributed by atoms with Crippen LogP contribution >= 0.6 is 15.9 Å². The van der Waals surface area contributed by atoms with Gasteiger partial charge in [0.2, 0.25) is 0 Å². The molecule has 2 nitrogen and oxygen atoms in total. The highest BCUT2D eigenvalue weighted by Crippen LogP contribution is 2.12. The largest absolute Gasteiger partial charge is 0.598 e. The molecule has 1 N–H and O–H groups in total. The van der Waals surface area contributed by atoms with E-state index in [4.69, 9.17) is 0 Å². The van der Waals surface area contributed by atoms with Gasteiger partial charge in [-0.1, -0.05) is 15.9 Å². The lowest BCUT2D eigenvalue weighted by molar-refractivity contribution is 0.544. The van der Waals surface area contributed by atoms with Crippen molar-refractivity contribution in [2.75, 3.05) is 11.9 Å². The molecule has 0 fully saturated rings. The molecular formula is C7H16BrNOS. The number of hydrogen-bond acceptors (Lipinski definition) is 2. The Morgan fingerprint density at radius 3 is 2.36 bits per heavy atom. The first-order valence-corrected chi connectivity index (χ1v) is 5.97. The van der Waals surface area contributed by atoms with Gasteiger partial charge in [0, 0.05) is 23.2 Å². The van der Waals surface area contributed by atoms with Crippen LogP contribution in [-0.2, 0) is 11.4 Å². The summed E-state index contributed by atoms with van der Waals surface area (Å²) >= 11 is 2.40. The van der Waals surface area contributed by atoms with Crippen LogP contribution in [0.5, 0.6) is 0 Å². The van der Waals surface area contributed by atoms with Crippen LogP contribution in [0.15, 0.2) is 0 Å². The molecule has 0 amide bonds. The van der Waals surface area contributed by atoms with Crippen LogP contribution in [0.1, 0.15) is 27.2 Å². The van der Waals surface area contributed by atoms with Gasteiger partial charge in [-0.25, -0.2) is 0 Å². The van der Waals surface area contributed by atoms with Gasteiger partial charge < -0.3 is 4.55 Å². The molecule has 0 radical (unpaired) electrons. The Bertz CT molecular complexity index is 105. The highest BCUT2D eigenvalue weighted by Gasteiger charge is 2.25. The van der Waals surface area contributed by atoms with E-state index in [1.807, 2.05) is 20.8 Å². The van der Waals surface area contributed by atoms with Crippen molar-refractivity contribution >= 4 is 27.3 Å². The van der Waals surface area contributed by atoms with Gasteiger partial charge >= 0.3 is 0 Å². The van der Waals surface area contributed by atoms with Crippen molar-refractivity contribution in [3.63, 3.8) is 0 Å². The number of halogens is 1. The van der Waals surface area contributed by atoms with Crippen LogP contribution < -0.4 is 4.72 Å². The quantitative estimate of drug-likeness (QED) is 0.463. The Hall–Kier alpha value is 0.750. The van der Waals surface area contributed by atoms with Crippen molar-refractivity contribution in [3.8, 4) is 0 Å². The van der Waals surface area contributed by atoms with Crippen LogP contribution in [0, 0.1) is 0 Å². The second-order valence-electron chi connectivity index (χ2n) is 3.32. The van der Waals surface area contributed by atoms with E-state index in [0.717, 1.165) is 18.3 Å². The number of rotatable bonds is 4. The molecule has 0 aliphatic rings. The van der Waals surface area contributed by atoms with Crippen molar-refractivity contribution in [3.05, 3.63) is 0 Å². The SMILES string of the molecule is CC(C)(C)[S+]([O-])NCCCBr. The van der Waals surface area contributed by atoms with Crippen LogP contribution in [0.4, 0.5) is 0 Å². The molecule has 0 aliphatic carbocycles. The third-order valence-corrected chi connectivity index (χ3v) is 3.24.